The van der Waals surface area contributed by atoms with Crippen LogP contribution >= 0.6 is 11.6 Å². The number of carbonyl (C=O) groups is 2. The van der Waals surface area contributed by atoms with Crippen LogP contribution in [0, 0.1) is 22.5 Å². The maximum Gasteiger partial charge on any atom is 0.269 e. The van der Waals surface area contributed by atoms with Crippen LogP contribution in [-0.2, 0) is 9.59 Å². The normalized spacial score (nSPS) is 19.4. The van der Waals surface area contributed by atoms with Gasteiger partial charge in [-0.3, -0.25) is 19.7 Å². The van der Waals surface area contributed by atoms with Crippen molar-refractivity contribution in [1.82, 2.24) is 10.3 Å². The molecule has 0 saturated carbocycles. The molecule has 0 fully saturated rings. The number of aromatic nitrogens is 1. The van der Waals surface area contributed by atoms with E-state index in [4.69, 9.17) is 11.6 Å². The SMILES string of the molecule is CC1=C(C(=O)Nc2cc(C)ccn2)[C@@H](c2cc([N+](=O)[O-])ccc2Cl)C2=C(CC(C)(C)CC2=O)N1. The average molecular weight is 481 g/mol. The van der Waals surface area contributed by atoms with Crippen LogP contribution in [0.5, 0.6) is 0 Å². The summed E-state index contributed by atoms with van der Waals surface area (Å²) in [5.41, 5.74) is 2.82. The van der Waals surface area contributed by atoms with Crippen molar-refractivity contribution in [3.8, 4) is 0 Å². The van der Waals surface area contributed by atoms with E-state index in [1.807, 2.05) is 26.8 Å². The number of non-ortho nitro benzene ring substituents is 1. The Balaban J connectivity index is 1.88. The number of pyridine rings is 1. The van der Waals surface area contributed by atoms with Crippen LogP contribution in [-0.4, -0.2) is 21.6 Å². The van der Waals surface area contributed by atoms with Crippen LogP contribution in [0.3, 0.4) is 0 Å². The molecule has 1 aliphatic heterocycles. The number of ketones is 1. The molecule has 0 bridgehead atoms. The van der Waals surface area contributed by atoms with E-state index in [-0.39, 0.29) is 27.5 Å². The Kier molecular flexibility index (Phi) is 6.03. The lowest BCUT2D eigenvalue weighted by molar-refractivity contribution is -0.384. The number of nitrogens with one attached hydrogen (secondary N) is 2. The quantitative estimate of drug-likeness (QED) is 0.459. The largest absolute Gasteiger partial charge is 0.362 e. The first-order valence-corrected chi connectivity index (χ1v) is 11.3. The van der Waals surface area contributed by atoms with Crippen molar-refractivity contribution in [2.24, 2.45) is 5.41 Å². The van der Waals surface area contributed by atoms with Gasteiger partial charge in [0.1, 0.15) is 5.82 Å². The van der Waals surface area contributed by atoms with Gasteiger partial charge in [-0.15, -0.1) is 0 Å². The Bertz CT molecular complexity index is 1300. The molecule has 2 aliphatic rings. The molecular weight excluding hydrogens is 456 g/mol. The number of anilines is 1. The Morgan fingerprint density at radius 3 is 2.65 bits per heavy atom. The Morgan fingerprint density at radius 2 is 1.97 bits per heavy atom. The monoisotopic (exact) mass is 480 g/mol. The number of nitrogens with zero attached hydrogens (tertiary/aromatic N) is 2. The molecule has 1 aliphatic carbocycles. The zero-order valence-electron chi connectivity index (χ0n) is 19.4. The van der Waals surface area contributed by atoms with Crippen LogP contribution in [0.2, 0.25) is 5.02 Å². The van der Waals surface area contributed by atoms with Crippen LogP contribution in [0.4, 0.5) is 11.5 Å². The van der Waals surface area contributed by atoms with Crippen molar-refractivity contribution in [3.63, 3.8) is 0 Å². The van der Waals surface area contributed by atoms with Gasteiger partial charge in [-0.25, -0.2) is 4.98 Å². The molecule has 0 saturated heterocycles. The Labute approximate surface area is 202 Å². The number of amides is 1. The number of carbonyl (C=O) groups excluding carboxylic acids is 2. The standard InChI is InChI=1S/C25H25ClN4O4/c1-13-7-8-27-20(9-13)29-24(32)21-14(2)28-18-11-25(3,4)12-19(31)23(18)22(21)16-10-15(30(33)34)5-6-17(16)26/h5-10,22,28H,11-12H2,1-4H3,(H,27,29,32)/t22-/m1/s1. The summed E-state index contributed by atoms with van der Waals surface area (Å²) < 4.78 is 0. The number of nitro groups is 1. The molecule has 8 nitrogen and oxygen atoms in total. The van der Waals surface area contributed by atoms with Gasteiger partial charge in [0.15, 0.2) is 5.78 Å². The number of allylic oxidation sites excluding steroid dienone is 3. The van der Waals surface area contributed by atoms with E-state index in [1.165, 1.54) is 18.2 Å². The molecule has 9 heteroatoms. The van der Waals surface area contributed by atoms with Gasteiger partial charge in [-0.05, 0) is 55.0 Å². The van der Waals surface area contributed by atoms with E-state index in [0.717, 1.165) is 11.3 Å². The third-order valence-electron chi connectivity index (χ3n) is 6.14. The predicted molar refractivity (Wildman–Crippen MR) is 129 cm³/mol. The van der Waals surface area contributed by atoms with E-state index in [9.17, 15) is 19.7 Å². The minimum absolute atomic E-state index is 0.113. The molecule has 2 N–H and O–H groups in total. The lowest BCUT2D eigenvalue weighted by Gasteiger charge is -2.39. The highest BCUT2D eigenvalue weighted by Gasteiger charge is 2.43. The Morgan fingerprint density at radius 1 is 1.24 bits per heavy atom. The van der Waals surface area contributed by atoms with Gasteiger partial charge in [0.25, 0.3) is 11.6 Å². The van der Waals surface area contributed by atoms with Gasteiger partial charge in [0.2, 0.25) is 0 Å². The van der Waals surface area contributed by atoms with Crippen LogP contribution < -0.4 is 10.6 Å². The molecule has 1 atom stereocenters. The van der Waals surface area contributed by atoms with Crippen LogP contribution in [0.15, 0.2) is 59.1 Å². The van der Waals surface area contributed by atoms with Gasteiger partial charge in [0.05, 0.1) is 4.92 Å². The highest BCUT2D eigenvalue weighted by Crippen LogP contribution is 2.48. The van der Waals surface area contributed by atoms with Crippen molar-refractivity contribution < 1.29 is 14.5 Å². The van der Waals surface area contributed by atoms with Crippen molar-refractivity contribution in [2.45, 2.75) is 46.5 Å². The van der Waals surface area contributed by atoms with E-state index >= 15 is 0 Å². The van der Waals surface area contributed by atoms with Gasteiger partial charge in [-0.1, -0.05) is 25.4 Å². The second-order valence-electron chi connectivity index (χ2n) is 9.57. The molecule has 176 valence electrons. The zero-order valence-corrected chi connectivity index (χ0v) is 20.1. The van der Waals surface area contributed by atoms with Gasteiger partial charge in [-0.2, -0.15) is 0 Å². The average Bonchev–Trinajstić information content (AvgIpc) is 2.71. The molecule has 34 heavy (non-hydrogen) atoms. The summed E-state index contributed by atoms with van der Waals surface area (Å²) >= 11 is 6.52. The highest BCUT2D eigenvalue weighted by atomic mass is 35.5. The van der Waals surface area contributed by atoms with Gasteiger partial charge in [0, 0.05) is 58.2 Å². The number of hydrogen-bond acceptors (Lipinski definition) is 6. The number of dihydropyridines is 1. The number of hydrogen-bond donors (Lipinski definition) is 2. The summed E-state index contributed by atoms with van der Waals surface area (Å²) in [7, 11) is 0. The molecule has 2 heterocycles. The lowest BCUT2D eigenvalue weighted by Crippen LogP contribution is -2.39. The smallest absolute Gasteiger partial charge is 0.269 e. The van der Waals surface area contributed by atoms with E-state index in [0.29, 0.717) is 35.5 Å². The van der Waals surface area contributed by atoms with Crippen LogP contribution in [0.1, 0.15) is 50.7 Å². The lowest BCUT2D eigenvalue weighted by atomic mass is 9.68. The van der Waals surface area contributed by atoms with Crippen molar-refractivity contribution in [2.75, 3.05) is 5.32 Å². The zero-order chi connectivity index (χ0) is 24.8. The predicted octanol–water partition coefficient (Wildman–Crippen LogP) is 5.19. The number of Topliss-reactive ketones (excluding diaryl/α,β-unsaturated/α-hetero) is 1. The molecule has 1 amide bonds. The van der Waals surface area contributed by atoms with E-state index in [2.05, 4.69) is 15.6 Å². The first-order chi connectivity index (χ1) is 16.0. The van der Waals surface area contributed by atoms with E-state index in [1.54, 1.807) is 19.2 Å². The fraction of sp³-hybridized carbons (Fsp3) is 0.320. The first kappa shape index (κ1) is 23.6. The topological polar surface area (TPSA) is 114 Å². The summed E-state index contributed by atoms with van der Waals surface area (Å²) in [6.07, 6.45) is 2.49. The molecule has 0 spiro atoms. The number of benzene rings is 1. The summed E-state index contributed by atoms with van der Waals surface area (Å²) in [5.74, 6) is -1.06. The second-order valence-corrected chi connectivity index (χ2v) is 9.97. The molecule has 0 radical (unpaired) electrons. The highest BCUT2D eigenvalue weighted by molar-refractivity contribution is 6.31. The van der Waals surface area contributed by atoms with Gasteiger partial charge >= 0.3 is 0 Å². The maximum absolute atomic E-state index is 13.6. The van der Waals surface area contributed by atoms with Crippen LogP contribution in [0.25, 0.3) is 0 Å². The van der Waals surface area contributed by atoms with Gasteiger partial charge < -0.3 is 10.6 Å². The minimum Gasteiger partial charge on any atom is -0.362 e. The van der Waals surface area contributed by atoms with Crippen molar-refractivity contribution >= 4 is 34.8 Å². The van der Waals surface area contributed by atoms with Crippen molar-refractivity contribution in [3.05, 3.63) is 85.3 Å². The minimum atomic E-state index is -0.850. The fourth-order valence-corrected chi connectivity index (χ4v) is 4.93. The molecule has 2 aromatic rings. The molecule has 0 unspecified atom stereocenters. The molecule has 4 rings (SSSR count). The second kappa shape index (κ2) is 8.68. The summed E-state index contributed by atoms with van der Waals surface area (Å²) in [5, 5.41) is 17.8. The number of halogens is 1. The Hall–Kier alpha value is -3.52. The third-order valence-corrected chi connectivity index (χ3v) is 6.49. The first-order valence-electron chi connectivity index (χ1n) is 10.9. The molecule has 1 aromatic heterocycles. The molecular formula is C25H25ClN4O4. The number of rotatable bonds is 4. The summed E-state index contributed by atoms with van der Waals surface area (Å²) in [6, 6.07) is 7.63. The number of aryl methyl sites for hydroxylation is 1. The van der Waals surface area contributed by atoms with E-state index < -0.39 is 16.7 Å². The maximum atomic E-state index is 13.6. The number of nitro benzene ring substituents is 1. The summed E-state index contributed by atoms with van der Waals surface area (Å²) in [6.45, 7) is 7.66. The third kappa shape index (κ3) is 4.46. The fourth-order valence-electron chi connectivity index (χ4n) is 4.70. The summed E-state index contributed by atoms with van der Waals surface area (Å²) in [4.78, 5) is 42.1. The molecule has 1 aromatic carbocycles. The van der Waals surface area contributed by atoms with Crippen molar-refractivity contribution in [1.29, 1.82) is 0 Å².